The van der Waals surface area contributed by atoms with Gasteiger partial charge in [0.25, 0.3) is 5.91 Å². The lowest BCUT2D eigenvalue weighted by atomic mass is 10.0. The maximum Gasteiger partial charge on any atom is 0.270 e. The average Bonchev–Trinajstić information content (AvgIpc) is 3.56. The lowest BCUT2D eigenvalue weighted by Crippen LogP contribution is -2.44. The van der Waals surface area contributed by atoms with E-state index in [1.165, 1.54) is 11.8 Å². The molecule has 1 aliphatic heterocycles. The lowest BCUT2D eigenvalue weighted by Gasteiger charge is -2.32. The predicted molar refractivity (Wildman–Crippen MR) is 199 cm³/mol. The Bertz CT molecular complexity index is 2040. The number of carbonyl (C=O) groups excluding carboxylic acids is 1. The molecule has 0 bridgehead atoms. The van der Waals surface area contributed by atoms with Crippen LogP contribution in [0.5, 0.6) is 0 Å². The first-order valence-corrected chi connectivity index (χ1v) is 17.2. The normalized spacial score (nSPS) is 12.9. The standard InChI is InChI=1S/C36H31N9O.2C2H6/c37-21-25-10-13-32(40-22-25)36(46)41-27-16-19-44(20-17-27)23-24-8-11-28(12-9-24)45-34(29-7-4-18-39-33(29)38)43-31-15-14-30(42-35(31)45)26-5-2-1-3-6-26;2*1-2/h1-15,18,22,27H,16-17,19-20,23H2,(H2,38,39)(H,41,46);2*1-2H3. The summed E-state index contributed by atoms with van der Waals surface area (Å²) in [6.45, 7) is 10.5. The molecule has 2 aromatic carbocycles. The number of anilines is 1. The van der Waals surface area contributed by atoms with Gasteiger partial charge in [-0.2, -0.15) is 5.26 Å². The summed E-state index contributed by atoms with van der Waals surface area (Å²) in [4.78, 5) is 33.5. The molecule has 1 aliphatic rings. The molecule has 0 saturated carbocycles. The Balaban J connectivity index is 0.00000117. The molecule has 0 unspecified atom stereocenters. The number of nitrogens with zero attached hydrogens (tertiary/aromatic N) is 7. The van der Waals surface area contributed by atoms with Crippen LogP contribution in [-0.4, -0.2) is 54.4 Å². The number of nitriles is 1. The first kappa shape index (κ1) is 35.4. The summed E-state index contributed by atoms with van der Waals surface area (Å²) >= 11 is 0. The van der Waals surface area contributed by atoms with Crippen LogP contribution < -0.4 is 11.1 Å². The van der Waals surface area contributed by atoms with Gasteiger partial charge in [-0.1, -0.05) is 70.2 Å². The zero-order valence-electron chi connectivity index (χ0n) is 29.0. The molecule has 1 saturated heterocycles. The number of nitrogens with one attached hydrogen (secondary N) is 1. The van der Waals surface area contributed by atoms with E-state index in [4.69, 9.17) is 21.0 Å². The maximum absolute atomic E-state index is 12.6. The summed E-state index contributed by atoms with van der Waals surface area (Å²) in [6, 6.07) is 31.7. The number of pyridine rings is 3. The largest absolute Gasteiger partial charge is 0.383 e. The first-order chi connectivity index (χ1) is 24.6. The number of carbonyl (C=O) groups is 1. The zero-order valence-corrected chi connectivity index (χ0v) is 29.0. The smallest absolute Gasteiger partial charge is 0.270 e. The molecule has 1 amide bonds. The Kier molecular flexibility index (Phi) is 12.0. The van der Waals surface area contributed by atoms with Crippen molar-refractivity contribution in [2.24, 2.45) is 0 Å². The minimum Gasteiger partial charge on any atom is -0.383 e. The number of piperidine rings is 1. The number of rotatable bonds is 7. The highest BCUT2D eigenvalue weighted by Crippen LogP contribution is 2.32. The van der Waals surface area contributed by atoms with Crippen LogP contribution in [0.25, 0.3) is 39.5 Å². The molecule has 5 heterocycles. The number of hydrogen-bond acceptors (Lipinski definition) is 8. The summed E-state index contributed by atoms with van der Waals surface area (Å²) < 4.78 is 2.05. The molecule has 7 rings (SSSR count). The Morgan fingerprint density at radius 2 is 1.62 bits per heavy atom. The van der Waals surface area contributed by atoms with E-state index >= 15 is 0 Å². The van der Waals surface area contributed by atoms with Crippen LogP contribution in [0.1, 0.15) is 62.2 Å². The predicted octanol–water partition coefficient (Wildman–Crippen LogP) is 7.45. The third kappa shape index (κ3) is 8.02. The molecular formula is C40H43N9O. The fourth-order valence-corrected chi connectivity index (χ4v) is 5.86. The van der Waals surface area contributed by atoms with Crippen molar-refractivity contribution < 1.29 is 4.79 Å². The Morgan fingerprint density at radius 3 is 2.28 bits per heavy atom. The molecule has 254 valence electrons. The number of amides is 1. The summed E-state index contributed by atoms with van der Waals surface area (Å²) in [5.41, 5.74) is 13.4. The number of nitrogens with two attached hydrogens (primary N) is 1. The maximum atomic E-state index is 12.6. The van der Waals surface area contributed by atoms with Crippen molar-refractivity contribution in [3.05, 3.63) is 120 Å². The van der Waals surface area contributed by atoms with Gasteiger partial charge in [0, 0.05) is 49.3 Å². The van der Waals surface area contributed by atoms with Crippen LogP contribution in [0, 0.1) is 11.3 Å². The average molecular weight is 666 g/mol. The molecule has 0 aliphatic carbocycles. The number of likely N-dealkylation sites (tertiary alicyclic amines) is 1. The van der Waals surface area contributed by atoms with Crippen LogP contribution in [-0.2, 0) is 6.54 Å². The van der Waals surface area contributed by atoms with E-state index < -0.39 is 0 Å². The highest BCUT2D eigenvalue weighted by atomic mass is 16.1. The van der Waals surface area contributed by atoms with Gasteiger partial charge < -0.3 is 11.1 Å². The molecule has 10 nitrogen and oxygen atoms in total. The molecule has 0 spiro atoms. The summed E-state index contributed by atoms with van der Waals surface area (Å²) in [6.07, 6.45) is 4.81. The molecular weight excluding hydrogens is 623 g/mol. The van der Waals surface area contributed by atoms with Crippen LogP contribution in [0.15, 0.2) is 103 Å². The van der Waals surface area contributed by atoms with E-state index in [2.05, 4.69) is 49.0 Å². The molecule has 50 heavy (non-hydrogen) atoms. The quantitative estimate of drug-likeness (QED) is 0.179. The second kappa shape index (κ2) is 17.0. The monoisotopic (exact) mass is 665 g/mol. The molecule has 6 aromatic rings. The lowest BCUT2D eigenvalue weighted by molar-refractivity contribution is 0.0904. The molecule has 4 aromatic heterocycles. The summed E-state index contributed by atoms with van der Waals surface area (Å²) in [5, 5.41) is 12.0. The molecule has 1 fully saturated rings. The Labute approximate surface area is 293 Å². The third-order valence-electron chi connectivity index (χ3n) is 8.30. The van der Waals surface area contributed by atoms with Crippen LogP contribution >= 0.6 is 0 Å². The highest BCUT2D eigenvalue weighted by molar-refractivity contribution is 5.92. The van der Waals surface area contributed by atoms with Crippen molar-refractivity contribution in [1.82, 2.24) is 34.7 Å². The van der Waals surface area contributed by atoms with Gasteiger partial charge in [0.1, 0.15) is 23.1 Å². The Hall–Kier alpha value is -5.92. The number of hydrogen-bond donors (Lipinski definition) is 2. The Morgan fingerprint density at radius 1 is 0.880 bits per heavy atom. The first-order valence-electron chi connectivity index (χ1n) is 17.2. The van der Waals surface area contributed by atoms with Crippen molar-refractivity contribution in [2.45, 2.75) is 53.1 Å². The van der Waals surface area contributed by atoms with E-state index in [1.807, 2.05) is 88.4 Å². The van der Waals surface area contributed by atoms with Crippen LogP contribution in [0.2, 0.25) is 0 Å². The van der Waals surface area contributed by atoms with Crippen molar-refractivity contribution in [3.63, 3.8) is 0 Å². The number of nitrogen functional groups attached to an aromatic ring is 1. The second-order valence-corrected chi connectivity index (χ2v) is 11.3. The van der Waals surface area contributed by atoms with E-state index in [-0.39, 0.29) is 11.9 Å². The van der Waals surface area contributed by atoms with Gasteiger partial charge in [0.15, 0.2) is 11.5 Å². The van der Waals surface area contributed by atoms with Gasteiger partial charge in [0.05, 0.1) is 16.8 Å². The molecule has 0 radical (unpaired) electrons. The van der Waals surface area contributed by atoms with Gasteiger partial charge >= 0.3 is 0 Å². The summed E-state index contributed by atoms with van der Waals surface area (Å²) in [5.74, 6) is 0.890. The fourth-order valence-electron chi connectivity index (χ4n) is 5.86. The van der Waals surface area contributed by atoms with E-state index in [9.17, 15) is 4.79 Å². The minimum atomic E-state index is -0.205. The van der Waals surface area contributed by atoms with Gasteiger partial charge in [-0.3, -0.25) is 14.3 Å². The van der Waals surface area contributed by atoms with Crippen molar-refractivity contribution in [1.29, 1.82) is 5.26 Å². The third-order valence-corrected chi connectivity index (χ3v) is 8.30. The van der Waals surface area contributed by atoms with Crippen LogP contribution in [0.3, 0.4) is 0 Å². The highest BCUT2D eigenvalue weighted by Gasteiger charge is 2.22. The second-order valence-electron chi connectivity index (χ2n) is 11.3. The fraction of sp³-hybridized carbons (Fsp3) is 0.250. The van der Waals surface area contributed by atoms with Gasteiger partial charge in [-0.25, -0.2) is 19.9 Å². The van der Waals surface area contributed by atoms with Gasteiger partial charge in [-0.05, 0) is 66.9 Å². The summed E-state index contributed by atoms with van der Waals surface area (Å²) in [7, 11) is 0. The van der Waals surface area contributed by atoms with Gasteiger partial charge in [0.2, 0.25) is 0 Å². The zero-order chi connectivity index (χ0) is 35.5. The number of benzene rings is 2. The number of imidazole rings is 1. The van der Waals surface area contributed by atoms with E-state index in [1.54, 1.807) is 18.3 Å². The molecule has 10 heteroatoms. The number of aromatic nitrogens is 5. The minimum absolute atomic E-state index is 0.0877. The van der Waals surface area contributed by atoms with E-state index in [0.717, 1.165) is 66.1 Å². The molecule has 3 N–H and O–H groups in total. The van der Waals surface area contributed by atoms with E-state index in [0.29, 0.717) is 22.9 Å². The van der Waals surface area contributed by atoms with Crippen LogP contribution in [0.4, 0.5) is 5.82 Å². The molecule has 0 atom stereocenters. The van der Waals surface area contributed by atoms with Crippen molar-refractivity contribution >= 4 is 22.9 Å². The topological polar surface area (TPSA) is 139 Å². The SMILES string of the molecule is CC.CC.N#Cc1ccc(C(=O)NC2CCN(Cc3ccc(-n4c(-c5cccnc5N)nc5ccc(-c6ccccc6)nc54)cc3)CC2)nc1. The van der Waals surface area contributed by atoms with Crippen molar-refractivity contribution in [2.75, 3.05) is 18.8 Å². The van der Waals surface area contributed by atoms with Crippen molar-refractivity contribution in [3.8, 4) is 34.4 Å². The number of fused-ring (bicyclic) bond motifs is 1. The van der Waals surface area contributed by atoms with Gasteiger partial charge in [-0.15, -0.1) is 0 Å².